The number of likely N-dealkylation sites (N-methyl/N-ethyl adjacent to an activating group) is 1. The standard InChI is InChI=1S/C17H18ClN3OS/c1-21(2)15(16-4-3-7-23-16)10-19-17(22)14-9-11-8-12(18)5-6-13(11)20-14/h3-9,15,20H,10H2,1-2H3,(H,19,22). The third kappa shape index (κ3) is 3.58. The van der Waals surface area contributed by atoms with Gasteiger partial charge in [-0.3, -0.25) is 4.79 Å². The van der Waals surface area contributed by atoms with Crippen LogP contribution in [0.3, 0.4) is 0 Å². The maximum absolute atomic E-state index is 12.4. The summed E-state index contributed by atoms with van der Waals surface area (Å²) in [6.07, 6.45) is 0. The van der Waals surface area contributed by atoms with Gasteiger partial charge in [0.05, 0.1) is 6.04 Å². The number of fused-ring (bicyclic) bond motifs is 1. The topological polar surface area (TPSA) is 48.1 Å². The van der Waals surface area contributed by atoms with Gasteiger partial charge in [-0.2, -0.15) is 0 Å². The molecule has 3 rings (SSSR count). The van der Waals surface area contributed by atoms with Gasteiger partial charge in [0.1, 0.15) is 5.69 Å². The average molecular weight is 348 g/mol. The highest BCUT2D eigenvalue weighted by Gasteiger charge is 2.17. The maximum Gasteiger partial charge on any atom is 0.267 e. The van der Waals surface area contributed by atoms with Crippen LogP contribution in [0.15, 0.2) is 41.8 Å². The summed E-state index contributed by atoms with van der Waals surface area (Å²) < 4.78 is 0. The number of H-pyrrole nitrogens is 1. The van der Waals surface area contributed by atoms with E-state index in [0.29, 0.717) is 17.3 Å². The van der Waals surface area contributed by atoms with Crippen LogP contribution in [0.25, 0.3) is 10.9 Å². The predicted molar refractivity (Wildman–Crippen MR) is 96.4 cm³/mol. The van der Waals surface area contributed by atoms with Crippen LogP contribution in [0.4, 0.5) is 0 Å². The fraction of sp³-hybridized carbons (Fsp3) is 0.235. The van der Waals surface area contributed by atoms with E-state index in [1.54, 1.807) is 17.4 Å². The van der Waals surface area contributed by atoms with Crippen molar-refractivity contribution in [2.45, 2.75) is 6.04 Å². The molecular weight excluding hydrogens is 330 g/mol. The van der Waals surface area contributed by atoms with E-state index in [0.717, 1.165) is 10.9 Å². The first kappa shape index (κ1) is 16.1. The summed E-state index contributed by atoms with van der Waals surface area (Å²) in [7, 11) is 4.03. The fourth-order valence-corrected chi connectivity index (χ4v) is 3.63. The van der Waals surface area contributed by atoms with Crippen LogP contribution in [-0.4, -0.2) is 36.4 Å². The molecule has 3 aromatic rings. The zero-order valence-electron chi connectivity index (χ0n) is 13.0. The van der Waals surface area contributed by atoms with E-state index in [9.17, 15) is 4.79 Å². The van der Waals surface area contributed by atoms with Gasteiger partial charge in [-0.1, -0.05) is 17.7 Å². The minimum Gasteiger partial charge on any atom is -0.351 e. The Balaban J connectivity index is 1.72. The Morgan fingerprint density at radius 3 is 2.87 bits per heavy atom. The molecule has 0 saturated carbocycles. The average Bonchev–Trinajstić information content (AvgIpc) is 3.15. The summed E-state index contributed by atoms with van der Waals surface area (Å²) in [4.78, 5) is 18.9. The van der Waals surface area contributed by atoms with Gasteiger partial charge < -0.3 is 15.2 Å². The van der Waals surface area contributed by atoms with E-state index in [1.807, 2.05) is 38.4 Å². The lowest BCUT2D eigenvalue weighted by Crippen LogP contribution is -2.34. The number of aromatic nitrogens is 1. The van der Waals surface area contributed by atoms with E-state index in [-0.39, 0.29) is 11.9 Å². The molecule has 6 heteroatoms. The van der Waals surface area contributed by atoms with Crippen molar-refractivity contribution in [1.29, 1.82) is 0 Å². The number of nitrogens with zero attached hydrogens (tertiary/aromatic N) is 1. The maximum atomic E-state index is 12.4. The van der Waals surface area contributed by atoms with Gasteiger partial charge in [0.25, 0.3) is 5.91 Å². The van der Waals surface area contributed by atoms with Crippen molar-refractivity contribution in [3.63, 3.8) is 0 Å². The number of carbonyl (C=O) groups excluding carboxylic acids is 1. The molecule has 0 fully saturated rings. The lowest BCUT2D eigenvalue weighted by Gasteiger charge is -2.23. The van der Waals surface area contributed by atoms with Gasteiger partial charge >= 0.3 is 0 Å². The van der Waals surface area contributed by atoms with Crippen molar-refractivity contribution in [3.8, 4) is 0 Å². The second-order valence-corrected chi connectivity index (χ2v) is 7.04. The minimum absolute atomic E-state index is 0.110. The monoisotopic (exact) mass is 347 g/mol. The highest BCUT2D eigenvalue weighted by atomic mass is 35.5. The van der Waals surface area contributed by atoms with Crippen LogP contribution in [0.1, 0.15) is 21.4 Å². The summed E-state index contributed by atoms with van der Waals surface area (Å²) in [5.74, 6) is -0.110. The Labute approximate surface area is 144 Å². The van der Waals surface area contributed by atoms with Gasteiger partial charge in [0, 0.05) is 27.3 Å². The van der Waals surface area contributed by atoms with Crippen LogP contribution < -0.4 is 5.32 Å². The molecule has 1 amide bonds. The highest BCUT2D eigenvalue weighted by molar-refractivity contribution is 7.10. The second-order valence-electron chi connectivity index (χ2n) is 5.62. The SMILES string of the molecule is CN(C)C(CNC(=O)c1cc2cc(Cl)ccc2[nH]1)c1cccs1. The molecule has 0 spiro atoms. The molecule has 2 aromatic heterocycles. The Morgan fingerprint density at radius 2 is 2.17 bits per heavy atom. The highest BCUT2D eigenvalue weighted by Crippen LogP contribution is 2.23. The summed E-state index contributed by atoms with van der Waals surface area (Å²) in [6, 6.07) is 11.6. The molecule has 1 unspecified atom stereocenters. The normalized spacial score (nSPS) is 12.7. The van der Waals surface area contributed by atoms with Crippen molar-refractivity contribution in [1.82, 2.24) is 15.2 Å². The number of benzene rings is 1. The molecule has 0 saturated heterocycles. The lowest BCUT2D eigenvalue weighted by molar-refractivity contribution is 0.0938. The van der Waals surface area contributed by atoms with E-state index in [4.69, 9.17) is 11.6 Å². The third-order valence-electron chi connectivity index (χ3n) is 3.78. The van der Waals surface area contributed by atoms with Gasteiger partial charge in [0.2, 0.25) is 0 Å². The summed E-state index contributed by atoms with van der Waals surface area (Å²) in [5, 5.41) is 6.65. The van der Waals surface area contributed by atoms with E-state index in [2.05, 4.69) is 26.6 Å². The largest absolute Gasteiger partial charge is 0.351 e. The molecule has 1 atom stereocenters. The number of thiophene rings is 1. The first-order valence-corrected chi connectivity index (χ1v) is 8.56. The predicted octanol–water partition coefficient (Wildman–Crippen LogP) is 3.92. The molecule has 0 aliphatic rings. The molecule has 1 aromatic carbocycles. The van der Waals surface area contributed by atoms with Crippen molar-refractivity contribution in [2.75, 3.05) is 20.6 Å². The summed E-state index contributed by atoms with van der Waals surface area (Å²) in [5.41, 5.74) is 1.45. The summed E-state index contributed by atoms with van der Waals surface area (Å²) in [6.45, 7) is 0.558. The Kier molecular flexibility index (Phi) is 4.71. The Hall–Kier alpha value is -1.82. The van der Waals surface area contributed by atoms with Crippen molar-refractivity contribution >= 4 is 39.7 Å². The van der Waals surface area contributed by atoms with Crippen LogP contribution in [0.2, 0.25) is 5.02 Å². The molecule has 2 N–H and O–H groups in total. The van der Waals surface area contributed by atoms with E-state index >= 15 is 0 Å². The number of hydrogen-bond acceptors (Lipinski definition) is 3. The van der Waals surface area contributed by atoms with Crippen LogP contribution in [-0.2, 0) is 0 Å². The number of aromatic amines is 1. The Bertz CT molecular complexity index is 810. The first-order valence-electron chi connectivity index (χ1n) is 7.31. The number of carbonyl (C=O) groups is 1. The molecule has 0 bridgehead atoms. The van der Waals surface area contributed by atoms with Crippen LogP contribution in [0.5, 0.6) is 0 Å². The number of hydrogen-bond donors (Lipinski definition) is 2. The van der Waals surface area contributed by atoms with E-state index < -0.39 is 0 Å². The number of nitrogens with one attached hydrogen (secondary N) is 2. The van der Waals surface area contributed by atoms with E-state index in [1.165, 1.54) is 4.88 Å². The summed E-state index contributed by atoms with van der Waals surface area (Å²) >= 11 is 7.68. The van der Waals surface area contributed by atoms with Crippen LogP contribution in [0, 0.1) is 0 Å². The van der Waals surface area contributed by atoms with Gasteiger partial charge in [-0.25, -0.2) is 0 Å². The van der Waals surface area contributed by atoms with Crippen molar-refractivity contribution in [2.24, 2.45) is 0 Å². The molecule has 23 heavy (non-hydrogen) atoms. The van der Waals surface area contributed by atoms with Gasteiger partial charge in [-0.05, 0) is 49.8 Å². The zero-order chi connectivity index (χ0) is 16.4. The second kappa shape index (κ2) is 6.74. The fourth-order valence-electron chi connectivity index (χ4n) is 2.53. The Morgan fingerprint density at radius 1 is 1.35 bits per heavy atom. The van der Waals surface area contributed by atoms with Gasteiger partial charge in [0.15, 0.2) is 0 Å². The molecule has 0 aliphatic carbocycles. The molecule has 4 nitrogen and oxygen atoms in total. The molecule has 2 heterocycles. The van der Waals surface area contributed by atoms with Crippen molar-refractivity contribution in [3.05, 3.63) is 57.4 Å². The minimum atomic E-state index is -0.110. The number of halogens is 1. The quantitative estimate of drug-likeness (QED) is 0.735. The first-order chi connectivity index (χ1) is 11.0. The lowest BCUT2D eigenvalue weighted by atomic mass is 10.2. The third-order valence-corrected chi connectivity index (χ3v) is 4.99. The molecule has 120 valence electrons. The number of amides is 1. The smallest absolute Gasteiger partial charge is 0.267 e. The molecule has 0 radical (unpaired) electrons. The van der Waals surface area contributed by atoms with Gasteiger partial charge in [-0.15, -0.1) is 11.3 Å². The molecule has 0 aliphatic heterocycles. The molecular formula is C17H18ClN3OS. The number of rotatable bonds is 5. The zero-order valence-corrected chi connectivity index (χ0v) is 14.5. The van der Waals surface area contributed by atoms with Crippen LogP contribution >= 0.6 is 22.9 Å². The van der Waals surface area contributed by atoms with Crippen molar-refractivity contribution < 1.29 is 4.79 Å².